The number of aromatic nitrogens is 2. The first-order chi connectivity index (χ1) is 7.09. The molecule has 1 heterocycles. The molecule has 1 N–H and O–H groups in total. The molecule has 0 unspecified atom stereocenters. The van der Waals surface area contributed by atoms with E-state index in [1.165, 1.54) is 6.07 Å². The Morgan fingerprint density at radius 3 is 2.67 bits per heavy atom. The number of aromatic carboxylic acids is 1. The molecule has 1 aromatic heterocycles. The molecule has 2 aromatic rings. The van der Waals surface area contributed by atoms with Crippen LogP contribution in [0.15, 0.2) is 18.2 Å². The summed E-state index contributed by atoms with van der Waals surface area (Å²) in [5, 5.41) is 17.2. The summed E-state index contributed by atoms with van der Waals surface area (Å²) in [6.07, 6.45) is 0. The highest BCUT2D eigenvalue weighted by Gasteiger charge is 2.08. The minimum Gasteiger partial charge on any atom is -0.476 e. The fraction of sp³-hybridized carbons (Fsp3) is 0.182. The zero-order chi connectivity index (χ0) is 11.0. The number of hydrogen-bond acceptors (Lipinski definition) is 3. The van der Waals surface area contributed by atoms with Gasteiger partial charge < -0.3 is 5.11 Å². The monoisotopic (exact) mass is 202 g/mol. The summed E-state index contributed by atoms with van der Waals surface area (Å²) in [4.78, 5) is 10.7. The molecule has 0 bridgehead atoms. The highest BCUT2D eigenvalue weighted by atomic mass is 16.4. The first kappa shape index (κ1) is 9.58. The third-order valence-corrected chi connectivity index (χ3v) is 2.50. The Labute approximate surface area is 86.6 Å². The average molecular weight is 202 g/mol. The lowest BCUT2D eigenvalue weighted by atomic mass is 10.1. The van der Waals surface area contributed by atoms with Gasteiger partial charge in [0.15, 0.2) is 5.69 Å². The number of rotatable bonds is 1. The Bertz CT molecular complexity index is 550. The zero-order valence-electron chi connectivity index (χ0n) is 8.48. The molecule has 0 saturated carbocycles. The van der Waals surface area contributed by atoms with Crippen LogP contribution in [-0.2, 0) is 0 Å². The van der Waals surface area contributed by atoms with Gasteiger partial charge in [-0.05, 0) is 31.0 Å². The SMILES string of the molecule is Cc1ccc2cc(C(=O)O)nnc2c1C. The second-order valence-corrected chi connectivity index (χ2v) is 3.48. The van der Waals surface area contributed by atoms with Crippen LogP contribution in [0.25, 0.3) is 10.9 Å². The van der Waals surface area contributed by atoms with Crippen LogP contribution < -0.4 is 0 Å². The van der Waals surface area contributed by atoms with Gasteiger partial charge in [0.25, 0.3) is 0 Å². The van der Waals surface area contributed by atoms with Gasteiger partial charge in [0, 0.05) is 5.39 Å². The van der Waals surface area contributed by atoms with E-state index in [0.29, 0.717) is 0 Å². The minimum atomic E-state index is -1.05. The Balaban J connectivity index is 2.75. The topological polar surface area (TPSA) is 63.1 Å². The van der Waals surface area contributed by atoms with Crippen LogP contribution in [-0.4, -0.2) is 21.3 Å². The molecule has 0 aliphatic rings. The van der Waals surface area contributed by atoms with Crippen LogP contribution in [0, 0.1) is 13.8 Å². The van der Waals surface area contributed by atoms with Crippen molar-refractivity contribution in [2.45, 2.75) is 13.8 Å². The first-order valence-corrected chi connectivity index (χ1v) is 4.56. The fourth-order valence-electron chi connectivity index (χ4n) is 1.46. The molecule has 2 rings (SSSR count). The number of nitrogens with zero attached hydrogens (tertiary/aromatic N) is 2. The van der Waals surface area contributed by atoms with Gasteiger partial charge in [0.05, 0.1) is 5.52 Å². The van der Waals surface area contributed by atoms with Crippen molar-refractivity contribution in [2.24, 2.45) is 0 Å². The molecule has 0 spiro atoms. The van der Waals surface area contributed by atoms with Crippen LogP contribution >= 0.6 is 0 Å². The summed E-state index contributed by atoms with van der Waals surface area (Å²) in [5.41, 5.74) is 2.91. The normalized spacial score (nSPS) is 10.5. The molecule has 4 heteroatoms. The highest BCUT2D eigenvalue weighted by molar-refractivity contribution is 5.91. The largest absolute Gasteiger partial charge is 0.476 e. The number of fused-ring (bicyclic) bond motifs is 1. The molecule has 0 amide bonds. The molecule has 4 nitrogen and oxygen atoms in total. The van der Waals surface area contributed by atoms with Crippen molar-refractivity contribution < 1.29 is 9.90 Å². The quantitative estimate of drug-likeness (QED) is 0.767. The third-order valence-electron chi connectivity index (χ3n) is 2.50. The van der Waals surface area contributed by atoms with Crippen molar-refractivity contribution in [3.05, 3.63) is 35.0 Å². The van der Waals surface area contributed by atoms with E-state index in [9.17, 15) is 4.79 Å². The zero-order valence-corrected chi connectivity index (χ0v) is 8.48. The molecule has 15 heavy (non-hydrogen) atoms. The van der Waals surface area contributed by atoms with Crippen molar-refractivity contribution in [3.63, 3.8) is 0 Å². The van der Waals surface area contributed by atoms with Crippen LogP contribution in [0.5, 0.6) is 0 Å². The fourth-order valence-corrected chi connectivity index (χ4v) is 1.46. The summed E-state index contributed by atoms with van der Waals surface area (Å²) in [6, 6.07) is 5.35. The molecule has 0 aliphatic heterocycles. The van der Waals surface area contributed by atoms with E-state index in [1.54, 1.807) is 0 Å². The van der Waals surface area contributed by atoms with Crippen LogP contribution in [0.3, 0.4) is 0 Å². The van der Waals surface area contributed by atoms with E-state index in [4.69, 9.17) is 5.11 Å². The number of carboxylic acid groups (broad SMARTS) is 1. The molecular formula is C11H10N2O2. The van der Waals surface area contributed by atoms with Gasteiger partial charge in [-0.15, -0.1) is 10.2 Å². The molecule has 0 aliphatic carbocycles. The van der Waals surface area contributed by atoms with Crippen molar-refractivity contribution in [3.8, 4) is 0 Å². The molecular weight excluding hydrogens is 192 g/mol. The lowest BCUT2D eigenvalue weighted by Gasteiger charge is -2.04. The van der Waals surface area contributed by atoms with Gasteiger partial charge in [-0.1, -0.05) is 12.1 Å². The maximum absolute atomic E-state index is 10.7. The van der Waals surface area contributed by atoms with Crippen LogP contribution in [0.2, 0.25) is 0 Å². The summed E-state index contributed by atoms with van der Waals surface area (Å²) in [6.45, 7) is 3.94. The third kappa shape index (κ3) is 1.54. The predicted octanol–water partition coefficient (Wildman–Crippen LogP) is 1.94. The van der Waals surface area contributed by atoms with E-state index in [0.717, 1.165) is 22.0 Å². The van der Waals surface area contributed by atoms with Crippen molar-refractivity contribution in [1.29, 1.82) is 0 Å². The number of benzene rings is 1. The maximum Gasteiger partial charge on any atom is 0.356 e. The predicted molar refractivity (Wildman–Crippen MR) is 56.0 cm³/mol. The van der Waals surface area contributed by atoms with E-state index in [1.807, 2.05) is 26.0 Å². The van der Waals surface area contributed by atoms with E-state index in [-0.39, 0.29) is 5.69 Å². The molecule has 0 fully saturated rings. The summed E-state index contributed by atoms with van der Waals surface area (Å²) in [7, 11) is 0. The summed E-state index contributed by atoms with van der Waals surface area (Å²) in [5.74, 6) is -1.05. The summed E-state index contributed by atoms with van der Waals surface area (Å²) >= 11 is 0. The number of carboxylic acids is 1. The average Bonchev–Trinajstić information content (AvgIpc) is 2.23. The van der Waals surface area contributed by atoms with E-state index in [2.05, 4.69) is 10.2 Å². The van der Waals surface area contributed by atoms with E-state index >= 15 is 0 Å². The Morgan fingerprint density at radius 1 is 1.27 bits per heavy atom. The first-order valence-electron chi connectivity index (χ1n) is 4.56. The Kier molecular flexibility index (Phi) is 2.11. The second kappa shape index (κ2) is 3.31. The molecule has 1 aromatic carbocycles. The van der Waals surface area contributed by atoms with Crippen LogP contribution in [0.1, 0.15) is 21.6 Å². The second-order valence-electron chi connectivity index (χ2n) is 3.48. The van der Waals surface area contributed by atoms with Gasteiger partial charge in [0.1, 0.15) is 0 Å². The number of carbonyl (C=O) groups is 1. The number of aryl methyl sites for hydroxylation is 2. The van der Waals surface area contributed by atoms with Gasteiger partial charge in [-0.25, -0.2) is 4.79 Å². The molecule has 76 valence electrons. The minimum absolute atomic E-state index is 0.0225. The van der Waals surface area contributed by atoms with E-state index < -0.39 is 5.97 Å². The molecule has 0 saturated heterocycles. The van der Waals surface area contributed by atoms with Gasteiger partial charge in [-0.3, -0.25) is 0 Å². The standard InChI is InChI=1S/C11H10N2O2/c1-6-3-4-8-5-9(11(14)15)12-13-10(8)7(6)2/h3-5H,1-2H3,(H,14,15). The molecule has 0 atom stereocenters. The lowest BCUT2D eigenvalue weighted by molar-refractivity contribution is 0.0689. The molecule has 0 radical (unpaired) electrons. The van der Waals surface area contributed by atoms with Gasteiger partial charge in [-0.2, -0.15) is 0 Å². The number of hydrogen-bond donors (Lipinski definition) is 1. The Hall–Kier alpha value is -1.97. The summed E-state index contributed by atoms with van der Waals surface area (Å²) < 4.78 is 0. The van der Waals surface area contributed by atoms with Crippen LogP contribution in [0.4, 0.5) is 0 Å². The lowest BCUT2D eigenvalue weighted by Crippen LogP contribution is -2.02. The van der Waals surface area contributed by atoms with Crippen molar-refractivity contribution in [2.75, 3.05) is 0 Å². The Morgan fingerprint density at radius 2 is 2.00 bits per heavy atom. The van der Waals surface area contributed by atoms with Crippen molar-refractivity contribution >= 4 is 16.9 Å². The van der Waals surface area contributed by atoms with Crippen molar-refractivity contribution in [1.82, 2.24) is 10.2 Å². The maximum atomic E-state index is 10.7. The smallest absolute Gasteiger partial charge is 0.356 e. The highest BCUT2D eigenvalue weighted by Crippen LogP contribution is 2.19. The van der Waals surface area contributed by atoms with Gasteiger partial charge in [0.2, 0.25) is 0 Å². The van der Waals surface area contributed by atoms with Gasteiger partial charge >= 0.3 is 5.97 Å².